The van der Waals surface area contributed by atoms with Crippen molar-refractivity contribution < 1.29 is 13.7 Å². The topological polar surface area (TPSA) is 58.9 Å². The first kappa shape index (κ1) is 17.2. The van der Waals surface area contributed by atoms with Crippen molar-refractivity contribution in [2.24, 2.45) is 10.9 Å². The quantitative estimate of drug-likeness (QED) is 0.691. The van der Waals surface area contributed by atoms with E-state index in [1.54, 1.807) is 6.21 Å². The molecule has 0 amide bonds. The van der Waals surface area contributed by atoms with Crippen LogP contribution in [0.15, 0.2) is 29.3 Å². The Balaban J connectivity index is 2.17. The van der Waals surface area contributed by atoms with E-state index >= 15 is 0 Å². The molecule has 22 heavy (non-hydrogen) atoms. The van der Waals surface area contributed by atoms with Gasteiger partial charge in [0.15, 0.2) is 16.3 Å². The van der Waals surface area contributed by atoms with Crippen LogP contribution in [0.2, 0.25) is 0 Å². The molecule has 1 aromatic rings. The smallest absolute Gasteiger partial charge is 0.317 e. The molecular weight excluding hydrogens is 346 g/mol. The second-order valence-corrected chi connectivity index (χ2v) is 6.12. The van der Waals surface area contributed by atoms with Gasteiger partial charge in [0.1, 0.15) is 5.60 Å². The standard InChI is InChI=1S/C17H22BrNO3/c1-2-3-4-5-8-13(11-16(20)22-18)17(21)12-19-15-10-7-6-9-14(15)17/h6-7,9-10,12-13,21H,2-5,8,11H2,1H3. The van der Waals surface area contributed by atoms with Gasteiger partial charge in [0.25, 0.3) is 0 Å². The highest BCUT2D eigenvalue weighted by atomic mass is 79.9. The van der Waals surface area contributed by atoms with Crippen LogP contribution in [0.3, 0.4) is 0 Å². The molecular formula is C17H22BrNO3. The van der Waals surface area contributed by atoms with Crippen molar-refractivity contribution in [1.82, 2.24) is 0 Å². The first-order valence-corrected chi connectivity index (χ1v) is 8.45. The molecule has 1 heterocycles. The predicted octanol–water partition coefficient (Wildman–Crippen LogP) is 4.42. The van der Waals surface area contributed by atoms with Gasteiger partial charge in [-0.25, -0.2) is 0 Å². The number of unbranched alkanes of at least 4 members (excludes halogenated alkanes) is 3. The normalized spacial score (nSPS) is 20.7. The number of rotatable bonds is 8. The van der Waals surface area contributed by atoms with Crippen LogP contribution in [0, 0.1) is 5.92 Å². The molecule has 0 saturated heterocycles. The molecule has 0 aliphatic carbocycles. The summed E-state index contributed by atoms with van der Waals surface area (Å²) in [5, 5.41) is 11.1. The van der Waals surface area contributed by atoms with Crippen molar-refractivity contribution in [3.8, 4) is 0 Å². The van der Waals surface area contributed by atoms with Crippen molar-refractivity contribution in [2.45, 2.75) is 51.0 Å². The van der Waals surface area contributed by atoms with Gasteiger partial charge in [0, 0.05) is 17.7 Å². The summed E-state index contributed by atoms with van der Waals surface area (Å²) in [5.41, 5.74) is 0.359. The number of hydrogen-bond donors (Lipinski definition) is 1. The Morgan fingerprint density at radius 2 is 2.14 bits per heavy atom. The highest BCUT2D eigenvalue weighted by Gasteiger charge is 2.42. The molecule has 120 valence electrons. The molecule has 2 atom stereocenters. The number of benzene rings is 1. The lowest BCUT2D eigenvalue weighted by molar-refractivity contribution is -0.135. The summed E-state index contributed by atoms with van der Waals surface area (Å²) in [5.74, 6) is -0.603. The van der Waals surface area contributed by atoms with Gasteiger partial charge in [-0.2, -0.15) is 0 Å². The highest BCUT2D eigenvalue weighted by molar-refractivity contribution is 9.06. The first-order chi connectivity index (χ1) is 10.6. The minimum absolute atomic E-state index is 0.161. The van der Waals surface area contributed by atoms with Crippen LogP contribution in [-0.2, 0) is 14.2 Å². The molecule has 2 rings (SSSR count). The molecule has 2 unspecified atom stereocenters. The summed E-state index contributed by atoms with van der Waals surface area (Å²) in [6, 6.07) is 7.53. The summed E-state index contributed by atoms with van der Waals surface area (Å²) in [7, 11) is 0. The number of fused-ring (bicyclic) bond motifs is 1. The largest absolute Gasteiger partial charge is 0.384 e. The van der Waals surface area contributed by atoms with Crippen LogP contribution in [0.1, 0.15) is 51.0 Å². The summed E-state index contributed by atoms with van der Waals surface area (Å²) in [6.45, 7) is 2.16. The monoisotopic (exact) mass is 367 g/mol. The van der Waals surface area contributed by atoms with E-state index in [4.69, 9.17) is 0 Å². The highest BCUT2D eigenvalue weighted by Crippen LogP contribution is 2.43. The molecule has 4 nitrogen and oxygen atoms in total. The average molecular weight is 368 g/mol. The number of carbonyl (C=O) groups is 1. The summed E-state index contributed by atoms with van der Waals surface area (Å²) >= 11 is 2.73. The van der Waals surface area contributed by atoms with Gasteiger partial charge >= 0.3 is 5.97 Å². The van der Waals surface area contributed by atoms with Gasteiger partial charge in [-0.1, -0.05) is 50.8 Å². The molecule has 0 fully saturated rings. The number of aliphatic imine (C=N–C) groups is 1. The lowest BCUT2D eigenvalue weighted by Crippen LogP contribution is -2.36. The number of halogens is 1. The van der Waals surface area contributed by atoms with E-state index in [9.17, 15) is 9.90 Å². The number of aliphatic hydroxyl groups is 1. The molecule has 0 radical (unpaired) electrons. The van der Waals surface area contributed by atoms with E-state index in [2.05, 4.69) is 32.0 Å². The zero-order chi connectivity index (χ0) is 16.0. The lowest BCUT2D eigenvalue weighted by atomic mass is 9.78. The van der Waals surface area contributed by atoms with Crippen molar-refractivity contribution in [1.29, 1.82) is 0 Å². The van der Waals surface area contributed by atoms with Gasteiger partial charge in [0.2, 0.25) is 0 Å². The molecule has 0 spiro atoms. The third kappa shape index (κ3) is 3.76. The van der Waals surface area contributed by atoms with Gasteiger partial charge in [0.05, 0.1) is 12.1 Å². The fraction of sp³-hybridized carbons (Fsp3) is 0.529. The first-order valence-electron chi connectivity index (χ1n) is 7.80. The molecule has 5 heteroatoms. The Labute approximate surface area is 140 Å². The van der Waals surface area contributed by atoms with E-state index in [1.807, 2.05) is 24.3 Å². The van der Waals surface area contributed by atoms with Gasteiger partial charge in [-0.3, -0.25) is 9.79 Å². The molecule has 1 aromatic carbocycles. The van der Waals surface area contributed by atoms with Crippen LogP contribution in [-0.4, -0.2) is 17.3 Å². The maximum atomic E-state index is 11.7. The van der Waals surface area contributed by atoms with Crippen molar-refractivity contribution in [3.05, 3.63) is 29.8 Å². The Bertz CT molecular complexity index is 546. The Morgan fingerprint density at radius 3 is 2.86 bits per heavy atom. The van der Waals surface area contributed by atoms with Crippen LogP contribution in [0.5, 0.6) is 0 Å². The summed E-state index contributed by atoms with van der Waals surface area (Å²) in [4.78, 5) is 16.0. The zero-order valence-electron chi connectivity index (χ0n) is 12.8. The number of nitrogens with zero attached hydrogens (tertiary/aromatic N) is 1. The van der Waals surface area contributed by atoms with E-state index in [-0.39, 0.29) is 18.3 Å². The third-order valence-corrected chi connectivity index (χ3v) is 4.62. The molecule has 1 aliphatic heterocycles. The number of para-hydroxylation sites is 1. The second kappa shape index (κ2) is 7.88. The van der Waals surface area contributed by atoms with E-state index in [0.29, 0.717) is 0 Å². The van der Waals surface area contributed by atoms with E-state index < -0.39 is 5.60 Å². The van der Waals surface area contributed by atoms with Gasteiger partial charge < -0.3 is 8.93 Å². The summed E-state index contributed by atoms with van der Waals surface area (Å²) in [6.07, 6.45) is 6.90. The van der Waals surface area contributed by atoms with Crippen molar-refractivity contribution in [3.63, 3.8) is 0 Å². The van der Waals surface area contributed by atoms with Crippen LogP contribution >= 0.6 is 16.3 Å². The lowest BCUT2D eigenvalue weighted by Gasteiger charge is -2.30. The Morgan fingerprint density at radius 1 is 1.36 bits per heavy atom. The zero-order valence-corrected chi connectivity index (χ0v) is 14.4. The molecule has 1 aliphatic rings. The minimum Gasteiger partial charge on any atom is -0.384 e. The SMILES string of the molecule is CCCCCCC(CC(=O)OBr)C1(O)C=Nc2ccccc21. The number of hydrogen-bond acceptors (Lipinski definition) is 4. The molecule has 0 bridgehead atoms. The van der Waals surface area contributed by atoms with Crippen LogP contribution in [0.4, 0.5) is 5.69 Å². The van der Waals surface area contributed by atoms with Crippen LogP contribution in [0.25, 0.3) is 0 Å². The summed E-state index contributed by atoms with van der Waals surface area (Å²) < 4.78 is 4.62. The maximum Gasteiger partial charge on any atom is 0.317 e. The van der Waals surface area contributed by atoms with E-state index in [0.717, 1.165) is 36.9 Å². The minimum atomic E-state index is -1.19. The molecule has 0 saturated carbocycles. The second-order valence-electron chi connectivity index (χ2n) is 5.80. The van der Waals surface area contributed by atoms with Crippen molar-refractivity contribution in [2.75, 3.05) is 0 Å². The Hall–Kier alpha value is -1.20. The van der Waals surface area contributed by atoms with E-state index in [1.165, 1.54) is 6.42 Å². The van der Waals surface area contributed by atoms with Gasteiger partial charge in [-0.15, -0.1) is 0 Å². The Kier molecular flexibility index (Phi) is 6.15. The fourth-order valence-corrected chi connectivity index (χ4v) is 3.15. The van der Waals surface area contributed by atoms with Crippen molar-refractivity contribution >= 4 is 34.1 Å². The molecule has 1 N–H and O–H groups in total. The third-order valence-electron chi connectivity index (χ3n) is 4.26. The fourth-order valence-electron chi connectivity index (χ4n) is 3.02. The number of carbonyl (C=O) groups excluding carboxylic acids is 1. The maximum absolute atomic E-state index is 11.7. The molecule has 0 aromatic heterocycles. The average Bonchev–Trinajstić information content (AvgIpc) is 2.89. The van der Waals surface area contributed by atoms with Crippen LogP contribution < -0.4 is 0 Å². The predicted molar refractivity (Wildman–Crippen MR) is 90.4 cm³/mol. The van der Waals surface area contributed by atoms with Gasteiger partial charge in [-0.05, 0) is 12.5 Å².